The van der Waals surface area contributed by atoms with Crippen molar-refractivity contribution in [1.29, 1.82) is 0 Å². The lowest BCUT2D eigenvalue weighted by atomic mass is 10.1. The van der Waals surface area contributed by atoms with Crippen LogP contribution in [0.4, 0.5) is 0 Å². The predicted octanol–water partition coefficient (Wildman–Crippen LogP) is 3.15. The van der Waals surface area contributed by atoms with Crippen LogP contribution in [-0.2, 0) is 15.8 Å². The number of ether oxygens (including phenoxy) is 1. The van der Waals surface area contributed by atoms with E-state index >= 15 is 0 Å². The first-order valence-electron chi connectivity index (χ1n) is 6.86. The summed E-state index contributed by atoms with van der Waals surface area (Å²) in [4.78, 5) is 0. The molecule has 0 saturated carbocycles. The van der Waals surface area contributed by atoms with Gasteiger partial charge in [-0.15, -0.1) is 0 Å². The summed E-state index contributed by atoms with van der Waals surface area (Å²) >= 11 is 5.78. The van der Waals surface area contributed by atoms with Gasteiger partial charge in [0, 0.05) is 11.6 Å². The van der Waals surface area contributed by atoms with Crippen molar-refractivity contribution in [2.45, 2.75) is 12.7 Å². The third kappa shape index (κ3) is 5.33. The Morgan fingerprint density at radius 3 is 2.45 bits per heavy atom. The summed E-state index contributed by atoms with van der Waals surface area (Å²) in [6.07, 6.45) is 0. The second-order valence-electron chi connectivity index (χ2n) is 4.88. The van der Waals surface area contributed by atoms with E-state index in [-0.39, 0.29) is 18.9 Å². The summed E-state index contributed by atoms with van der Waals surface area (Å²) in [6, 6.07) is 14.4. The van der Waals surface area contributed by atoms with E-state index in [1.54, 1.807) is 24.3 Å². The minimum atomic E-state index is -3.37. The summed E-state index contributed by atoms with van der Waals surface area (Å²) in [5.41, 5.74) is 1.76. The molecule has 0 aliphatic carbocycles. The fourth-order valence-corrected chi connectivity index (χ4v) is 3.28. The van der Waals surface area contributed by atoms with E-state index in [0.29, 0.717) is 10.8 Å². The van der Waals surface area contributed by atoms with Crippen LogP contribution in [0.2, 0.25) is 5.02 Å². The van der Waals surface area contributed by atoms with E-state index in [0.717, 1.165) is 11.1 Å². The Hall–Kier alpha value is -1.56. The molecule has 0 spiro atoms. The van der Waals surface area contributed by atoms with Gasteiger partial charge in [0.05, 0.1) is 5.75 Å². The van der Waals surface area contributed by atoms with Crippen LogP contribution in [0.15, 0.2) is 48.5 Å². The molecule has 2 aromatic rings. The molecule has 0 aromatic heterocycles. The lowest BCUT2D eigenvalue weighted by molar-refractivity contribution is 0.323. The Morgan fingerprint density at radius 1 is 1.09 bits per heavy atom. The molecule has 0 unspecified atom stereocenters. The molecule has 4 nitrogen and oxygen atoms in total. The highest BCUT2D eigenvalue weighted by atomic mass is 35.5. The maximum Gasteiger partial charge on any atom is 0.215 e. The van der Waals surface area contributed by atoms with Crippen LogP contribution in [0.3, 0.4) is 0 Å². The summed E-state index contributed by atoms with van der Waals surface area (Å²) in [5.74, 6) is 0.628. The minimum absolute atomic E-state index is 0.0272. The standard InChI is InChI=1S/C16H18ClNO3S/c1-13-4-2-3-5-14(13)12-22(19,20)18-10-11-21-16-8-6-15(17)7-9-16/h2-9,18H,10-12H2,1H3. The lowest BCUT2D eigenvalue weighted by Gasteiger charge is -2.10. The number of aryl methyl sites for hydroxylation is 1. The van der Waals surface area contributed by atoms with Gasteiger partial charge in [-0.3, -0.25) is 0 Å². The molecule has 118 valence electrons. The second-order valence-corrected chi connectivity index (χ2v) is 7.13. The van der Waals surface area contributed by atoms with E-state index in [4.69, 9.17) is 16.3 Å². The largest absolute Gasteiger partial charge is 0.492 e. The predicted molar refractivity (Wildman–Crippen MR) is 88.8 cm³/mol. The SMILES string of the molecule is Cc1ccccc1CS(=O)(=O)NCCOc1ccc(Cl)cc1. The third-order valence-electron chi connectivity index (χ3n) is 3.11. The lowest BCUT2D eigenvalue weighted by Crippen LogP contribution is -2.29. The Labute approximate surface area is 136 Å². The van der Waals surface area contributed by atoms with Gasteiger partial charge >= 0.3 is 0 Å². The number of hydrogen-bond donors (Lipinski definition) is 1. The van der Waals surface area contributed by atoms with Crippen molar-refractivity contribution in [3.8, 4) is 5.75 Å². The van der Waals surface area contributed by atoms with Crippen LogP contribution < -0.4 is 9.46 Å². The molecule has 2 rings (SSSR count). The molecule has 6 heteroatoms. The number of hydrogen-bond acceptors (Lipinski definition) is 3. The second kappa shape index (κ2) is 7.63. The van der Waals surface area contributed by atoms with Crippen LogP contribution in [0.25, 0.3) is 0 Å². The topological polar surface area (TPSA) is 55.4 Å². The van der Waals surface area contributed by atoms with Crippen molar-refractivity contribution in [3.05, 3.63) is 64.7 Å². The van der Waals surface area contributed by atoms with Crippen molar-refractivity contribution in [1.82, 2.24) is 4.72 Å². The monoisotopic (exact) mass is 339 g/mol. The maximum absolute atomic E-state index is 12.0. The first-order chi connectivity index (χ1) is 10.5. The van der Waals surface area contributed by atoms with Gasteiger partial charge in [-0.1, -0.05) is 35.9 Å². The van der Waals surface area contributed by atoms with Crippen LogP contribution >= 0.6 is 11.6 Å². The third-order valence-corrected chi connectivity index (χ3v) is 4.70. The molecule has 0 radical (unpaired) electrons. The highest BCUT2D eigenvalue weighted by molar-refractivity contribution is 7.88. The highest BCUT2D eigenvalue weighted by Crippen LogP contribution is 2.15. The van der Waals surface area contributed by atoms with Gasteiger partial charge in [-0.05, 0) is 42.3 Å². The van der Waals surface area contributed by atoms with Crippen LogP contribution in [0, 0.1) is 6.92 Å². The zero-order valence-corrected chi connectivity index (χ0v) is 13.8. The molecule has 1 N–H and O–H groups in total. The van der Waals surface area contributed by atoms with E-state index in [1.165, 1.54) is 0 Å². The van der Waals surface area contributed by atoms with E-state index in [2.05, 4.69) is 4.72 Å². The Bertz CT molecular complexity index is 714. The highest BCUT2D eigenvalue weighted by Gasteiger charge is 2.12. The fraction of sp³-hybridized carbons (Fsp3) is 0.250. The van der Waals surface area contributed by atoms with E-state index in [1.807, 2.05) is 31.2 Å². The van der Waals surface area contributed by atoms with Gasteiger partial charge in [0.25, 0.3) is 0 Å². The number of sulfonamides is 1. The maximum atomic E-state index is 12.0. The molecule has 22 heavy (non-hydrogen) atoms. The molecular weight excluding hydrogens is 322 g/mol. The molecule has 0 heterocycles. The van der Waals surface area contributed by atoms with Gasteiger partial charge in [0.2, 0.25) is 10.0 Å². The zero-order chi connectivity index (χ0) is 16.0. The van der Waals surface area contributed by atoms with Crippen LogP contribution in [-0.4, -0.2) is 21.6 Å². The summed E-state index contributed by atoms with van der Waals surface area (Å²) in [6.45, 7) is 2.37. The summed E-state index contributed by atoms with van der Waals surface area (Å²) in [5, 5.41) is 0.631. The van der Waals surface area contributed by atoms with Gasteiger partial charge in [0.15, 0.2) is 0 Å². The smallest absolute Gasteiger partial charge is 0.215 e. The Kier molecular flexibility index (Phi) is 5.83. The molecule has 0 atom stereocenters. The minimum Gasteiger partial charge on any atom is -0.492 e. The number of benzene rings is 2. The van der Waals surface area contributed by atoms with Crippen LogP contribution in [0.1, 0.15) is 11.1 Å². The number of nitrogens with one attached hydrogen (secondary N) is 1. The van der Waals surface area contributed by atoms with Gasteiger partial charge in [-0.25, -0.2) is 13.1 Å². The molecule has 0 amide bonds. The molecule has 0 aliphatic heterocycles. The molecule has 2 aromatic carbocycles. The van der Waals surface area contributed by atoms with Crippen LogP contribution in [0.5, 0.6) is 5.75 Å². The van der Waals surface area contributed by atoms with Crippen molar-refractivity contribution < 1.29 is 13.2 Å². The first kappa shape index (κ1) is 16.8. The van der Waals surface area contributed by atoms with E-state index in [9.17, 15) is 8.42 Å². The average molecular weight is 340 g/mol. The molecule has 0 saturated heterocycles. The molecule has 0 fully saturated rings. The first-order valence-corrected chi connectivity index (χ1v) is 8.89. The van der Waals surface area contributed by atoms with Crippen molar-refractivity contribution in [2.24, 2.45) is 0 Å². The van der Waals surface area contributed by atoms with Crippen molar-refractivity contribution in [2.75, 3.05) is 13.2 Å². The van der Waals surface area contributed by atoms with Crippen molar-refractivity contribution in [3.63, 3.8) is 0 Å². The Balaban J connectivity index is 1.80. The Morgan fingerprint density at radius 2 is 1.77 bits per heavy atom. The average Bonchev–Trinajstić information content (AvgIpc) is 2.48. The van der Waals surface area contributed by atoms with Crippen molar-refractivity contribution >= 4 is 21.6 Å². The molecular formula is C16H18ClNO3S. The normalized spacial score (nSPS) is 11.4. The number of rotatable bonds is 7. The van der Waals surface area contributed by atoms with Gasteiger partial charge in [-0.2, -0.15) is 0 Å². The fourth-order valence-electron chi connectivity index (χ4n) is 1.92. The zero-order valence-electron chi connectivity index (χ0n) is 12.3. The summed E-state index contributed by atoms with van der Waals surface area (Å²) < 4.78 is 32.0. The molecule has 0 bridgehead atoms. The molecule has 0 aliphatic rings. The number of halogens is 1. The quantitative estimate of drug-likeness (QED) is 0.788. The van der Waals surface area contributed by atoms with E-state index < -0.39 is 10.0 Å². The summed E-state index contributed by atoms with van der Waals surface area (Å²) in [7, 11) is -3.37. The van der Waals surface area contributed by atoms with Gasteiger partial charge < -0.3 is 4.74 Å². The van der Waals surface area contributed by atoms with Gasteiger partial charge in [0.1, 0.15) is 12.4 Å².